The summed E-state index contributed by atoms with van der Waals surface area (Å²) in [6.45, 7) is 3.14. The fourth-order valence-electron chi connectivity index (χ4n) is 1.81. The monoisotopic (exact) mass is 214 g/mol. The topological polar surface area (TPSA) is 78.4 Å². The van der Waals surface area contributed by atoms with E-state index in [-0.39, 0.29) is 24.8 Å². The van der Waals surface area contributed by atoms with Crippen LogP contribution < -0.4 is 10.6 Å². The van der Waals surface area contributed by atoms with Gasteiger partial charge in [0.2, 0.25) is 5.91 Å². The molecule has 0 aromatic heterocycles. The smallest absolute Gasteiger partial charge is 0.305 e. The fraction of sp³-hybridized carbons (Fsp3) is 0.800. The number of hydrogen-bond acceptors (Lipinski definition) is 3. The number of hydrogen-bond donors (Lipinski definition) is 3. The number of carboxylic acid groups (broad SMARTS) is 1. The molecule has 1 aliphatic rings. The Balaban J connectivity index is 2.24. The van der Waals surface area contributed by atoms with Gasteiger partial charge in [-0.1, -0.05) is 0 Å². The highest BCUT2D eigenvalue weighted by molar-refractivity contribution is 5.79. The van der Waals surface area contributed by atoms with Gasteiger partial charge in [-0.05, 0) is 26.3 Å². The molecule has 2 atom stereocenters. The molecule has 3 N–H and O–H groups in total. The molecule has 5 heteroatoms. The lowest BCUT2D eigenvalue weighted by atomic mass is 9.92. The van der Waals surface area contributed by atoms with Crippen molar-refractivity contribution in [1.29, 1.82) is 0 Å². The van der Waals surface area contributed by atoms with Gasteiger partial charge in [-0.25, -0.2) is 0 Å². The number of amides is 1. The standard InChI is InChI=1S/C10H18N2O3/c1-7-6-8(2-4-11-7)10(15)12-5-3-9(13)14/h7-8,11H,2-6H2,1H3,(H,12,15)(H,13,14). The minimum atomic E-state index is -0.881. The Labute approximate surface area is 89.2 Å². The quantitative estimate of drug-likeness (QED) is 0.614. The van der Waals surface area contributed by atoms with E-state index >= 15 is 0 Å². The Hall–Kier alpha value is -1.10. The molecule has 0 saturated carbocycles. The number of rotatable bonds is 4. The van der Waals surface area contributed by atoms with Crippen LogP contribution in [-0.2, 0) is 9.59 Å². The molecule has 0 spiro atoms. The maximum absolute atomic E-state index is 11.6. The lowest BCUT2D eigenvalue weighted by molar-refractivity contribution is -0.137. The molecule has 5 nitrogen and oxygen atoms in total. The Morgan fingerprint density at radius 3 is 2.87 bits per heavy atom. The van der Waals surface area contributed by atoms with E-state index in [1.807, 2.05) is 0 Å². The van der Waals surface area contributed by atoms with Crippen molar-refractivity contribution in [2.45, 2.75) is 32.2 Å². The summed E-state index contributed by atoms with van der Waals surface area (Å²) in [5.41, 5.74) is 0. The van der Waals surface area contributed by atoms with Gasteiger partial charge in [0, 0.05) is 18.5 Å². The summed E-state index contributed by atoms with van der Waals surface area (Å²) in [5, 5.41) is 14.3. The first-order valence-corrected chi connectivity index (χ1v) is 5.32. The first-order valence-electron chi connectivity index (χ1n) is 5.32. The number of carboxylic acids is 1. The van der Waals surface area contributed by atoms with E-state index in [1.165, 1.54) is 0 Å². The lowest BCUT2D eigenvalue weighted by Gasteiger charge is -2.26. The molecule has 0 aliphatic carbocycles. The summed E-state index contributed by atoms with van der Waals surface area (Å²) in [6, 6.07) is 0.369. The summed E-state index contributed by atoms with van der Waals surface area (Å²) in [4.78, 5) is 21.8. The first-order chi connectivity index (χ1) is 7.09. The molecule has 1 heterocycles. The van der Waals surface area contributed by atoms with Gasteiger partial charge in [0.1, 0.15) is 0 Å². The van der Waals surface area contributed by atoms with Gasteiger partial charge in [-0.15, -0.1) is 0 Å². The van der Waals surface area contributed by atoms with Crippen LogP contribution in [0.1, 0.15) is 26.2 Å². The van der Waals surface area contributed by atoms with Crippen LogP contribution in [0.4, 0.5) is 0 Å². The minimum absolute atomic E-state index is 0.00768. The van der Waals surface area contributed by atoms with Crippen molar-refractivity contribution >= 4 is 11.9 Å². The number of aliphatic carboxylic acids is 1. The second-order valence-electron chi connectivity index (χ2n) is 4.01. The Kier molecular flexibility index (Phi) is 4.55. The Bertz CT molecular complexity index is 243. The van der Waals surface area contributed by atoms with Crippen molar-refractivity contribution in [1.82, 2.24) is 10.6 Å². The molecular formula is C10H18N2O3. The molecule has 0 aromatic rings. The van der Waals surface area contributed by atoms with Crippen LogP contribution in [0.25, 0.3) is 0 Å². The molecule has 0 aromatic carbocycles. The molecule has 0 bridgehead atoms. The molecule has 1 aliphatic heterocycles. The van der Waals surface area contributed by atoms with Crippen LogP contribution in [0.2, 0.25) is 0 Å². The second-order valence-corrected chi connectivity index (χ2v) is 4.01. The van der Waals surface area contributed by atoms with Gasteiger partial charge in [-0.3, -0.25) is 9.59 Å². The van der Waals surface area contributed by atoms with Crippen LogP contribution in [0.3, 0.4) is 0 Å². The molecule has 86 valence electrons. The predicted octanol–water partition coefficient (Wildman–Crippen LogP) is -0.0346. The molecule has 0 radical (unpaired) electrons. The van der Waals surface area contributed by atoms with Gasteiger partial charge < -0.3 is 15.7 Å². The van der Waals surface area contributed by atoms with E-state index in [9.17, 15) is 9.59 Å². The first kappa shape index (κ1) is 12.0. The second kappa shape index (κ2) is 5.70. The van der Waals surface area contributed by atoms with E-state index in [0.29, 0.717) is 6.04 Å². The largest absolute Gasteiger partial charge is 0.481 e. The van der Waals surface area contributed by atoms with Gasteiger partial charge in [-0.2, -0.15) is 0 Å². The highest BCUT2D eigenvalue weighted by Gasteiger charge is 2.24. The lowest BCUT2D eigenvalue weighted by Crippen LogP contribution is -2.42. The predicted molar refractivity (Wildman–Crippen MR) is 55.5 cm³/mol. The van der Waals surface area contributed by atoms with Crippen molar-refractivity contribution in [2.24, 2.45) is 5.92 Å². The average molecular weight is 214 g/mol. The van der Waals surface area contributed by atoms with Gasteiger partial charge in [0.15, 0.2) is 0 Å². The fourth-order valence-corrected chi connectivity index (χ4v) is 1.81. The van der Waals surface area contributed by atoms with E-state index in [1.54, 1.807) is 0 Å². The van der Waals surface area contributed by atoms with E-state index < -0.39 is 5.97 Å². The third-order valence-electron chi connectivity index (χ3n) is 2.63. The molecular weight excluding hydrogens is 196 g/mol. The normalized spacial score (nSPS) is 25.9. The number of carbonyl (C=O) groups excluding carboxylic acids is 1. The highest BCUT2D eigenvalue weighted by atomic mass is 16.4. The van der Waals surface area contributed by atoms with Crippen LogP contribution in [0, 0.1) is 5.92 Å². The van der Waals surface area contributed by atoms with Crippen molar-refractivity contribution < 1.29 is 14.7 Å². The molecule has 2 unspecified atom stereocenters. The van der Waals surface area contributed by atoms with Crippen LogP contribution in [0.5, 0.6) is 0 Å². The van der Waals surface area contributed by atoms with E-state index in [0.717, 1.165) is 19.4 Å². The number of piperidine rings is 1. The Morgan fingerprint density at radius 1 is 1.53 bits per heavy atom. The van der Waals surface area contributed by atoms with Crippen LogP contribution in [-0.4, -0.2) is 36.1 Å². The minimum Gasteiger partial charge on any atom is -0.481 e. The SMILES string of the molecule is CC1CC(C(=O)NCCC(=O)O)CCN1. The van der Waals surface area contributed by atoms with Crippen molar-refractivity contribution in [2.75, 3.05) is 13.1 Å². The third kappa shape index (κ3) is 4.29. The van der Waals surface area contributed by atoms with Gasteiger partial charge >= 0.3 is 5.97 Å². The van der Waals surface area contributed by atoms with Crippen LogP contribution in [0.15, 0.2) is 0 Å². The summed E-state index contributed by atoms with van der Waals surface area (Å²) in [7, 11) is 0. The number of carbonyl (C=O) groups is 2. The zero-order valence-corrected chi connectivity index (χ0v) is 8.95. The zero-order chi connectivity index (χ0) is 11.3. The highest BCUT2D eigenvalue weighted by Crippen LogP contribution is 2.15. The summed E-state index contributed by atoms with van der Waals surface area (Å²) in [5.74, 6) is -0.853. The Morgan fingerprint density at radius 2 is 2.27 bits per heavy atom. The van der Waals surface area contributed by atoms with Crippen molar-refractivity contribution in [3.8, 4) is 0 Å². The maximum atomic E-state index is 11.6. The van der Waals surface area contributed by atoms with Gasteiger partial charge in [0.25, 0.3) is 0 Å². The molecule has 1 rings (SSSR count). The van der Waals surface area contributed by atoms with Gasteiger partial charge in [0.05, 0.1) is 6.42 Å². The molecule has 1 saturated heterocycles. The van der Waals surface area contributed by atoms with E-state index in [2.05, 4.69) is 17.6 Å². The summed E-state index contributed by atoms with van der Waals surface area (Å²) < 4.78 is 0. The zero-order valence-electron chi connectivity index (χ0n) is 8.95. The van der Waals surface area contributed by atoms with Crippen molar-refractivity contribution in [3.05, 3.63) is 0 Å². The third-order valence-corrected chi connectivity index (χ3v) is 2.63. The number of nitrogens with one attached hydrogen (secondary N) is 2. The maximum Gasteiger partial charge on any atom is 0.305 e. The molecule has 1 amide bonds. The molecule has 1 fully saturated rings. The van der Waals surface area contributed by atoms with Crippen molar-refractivity contribution in [3.63, 3.8) is 0 Å². The molecule has 15 heavy (non-hydrogen) atoms. The van der Waals surface area contributed by atoms with E-state index in [4.69, 9.17) is 5.11 Å². The summed E-state index contributed by atoms with van der Waals surface area (Å²) >= 11 is 0. The average Bonchev–Trinajstić information content (AvgIpc) is 2.17. The summed E-state index contributed by atoms with van der Waals surface area (Å²) in [6.07, 6.45) is 1.66. The van der Waals surface area contributed by atoms with Crippen LogP contribution >= 0.6 is 0 Å².